The lowest BCUT2D eigenvalue weighted by Crippen LogP contribution is -2.34. The summed E-state index contributed by atoms with van der Waals surface area (Å²) in [5.74, 6) is 1.66. The lowest BCUT2D eigenvalue weighted by molar-refractivity contribution is -0.383. The molecule has 21 heavy (non-hydrogen) atoms. The minimum atomic E-state index is -0.318. The summed E-state index contributed by atoms with van der Waals surface area (Å²) in [4.78, 5) is 23.7. The molecule has 2 aliphatic rings. The van der Waals surface area contributed by atoms with E-state index in [2.05, 4.69) is 16.9 Å². The molecule has 1 aromatic heterocycles. The Kier molecular flexibility index (Phi) is 3.90. The van der Waals surface area contributed by atoms with Crippen molar-refractivity contribution in [3.8, 4) is 0 Å². The van der Waals surface area contributed by atoms with Crippen LogP contribution in [0.5, 0.6) is 0 Å². The van der Waals surface area contributed by atoms with Crippen LogP contribution >= 0.6 is 0 Å². The Morgan fingerprint density at radius 3 is 2.14 bits per heavy atom. The number of piperidine rings is 1. The zero-order valence-corrected chi connectivity index (χ0v) is 12.4. The first-order chi connectivity index (χ1) is 10.2. The Bertz CT molecular complexity index is 522. The van der Waals surface area contributed by atoms with E-state index >= 15 is 0 Å². The van der Waals surface area contributed by atoms with E-state index in [1.165, 1.54) is 6.33 Å². The maximum absolute atomic E-state index is 11.6. The van der Waals surface area contributed by atoms with Gasteiger partial charge in [0.2, 0.25) is 11.6 Å². The van der Waals surface area contributed by atoms with Crippen molar-refractivity contribution in [3.05, 3.63) is 16.4 Å². The summed E-state index contributed by atoms with van der Waals surface area (Å²) in [5.41, 5.74) is 0.0777. The fourth-order valence-corrected chi connectivity index (χ4v) is 3.14. The van der Waals surface area contributed by atoms with Gasteiger partial charge in [0.1, 0.15) is 6.33 Å². The van der Waals surface area contributed by atoms with Gasteiger partial charge in [0.15, 0.2) is 0 Å². The summed E-state index contributed by atoms with van der Waals surface area (Å²) in [7, 11) is 0. The summed E-state index contributed by atoms with van der Waals surface area (Å²) in [5, 5.41) is 11.6. The molecule has 0 atom stereocenters. The van der Waals surface area contributed by atoms with E-state index in [-0.39, 0.29) is 10.6 Å². The van der Waals surface area contributed by atoms with E-state index in [9.17, 15) is 10.1 Å². The molecule has 0 radical (unpaired) electrons. The van der Waals surface area contributed by atoms with Gasteiger partial charge in [0.25, 0.3) is 0 Å². The highest BCUT2D eigenvalue weighted by molar-refractivity contribution is 5.71. The molecule has 3 rings (SSSR count). The van der Waals surface area contributed by atoms with Gasteiger partial charge in [-0.25, -0.2) is 9.97 Å². The van der Waals surface area contributed by atoms with Gasteiger partial charge in [-0.05, 0) is 31.6 Å². The normalized spacial score (nSPS) is 20.0. The molecule has 7 heteroatoms. The van der Waals surface area contributed by atoms with Crippen molar-refractivity contribution in [2.45, 2.75) is 32.6 Å². The quantitative estimate of drug-likeness (QED) is 0.628. The van der Waals surface area contributed by atoms with Gasteiger partial charge < -0.3 is 9.80 Å². The second-order valence-corrected chi connectivity index (χ2v) is 5.99. The monoisotopic (exact) mass is 291 g/mol. The van der Waals surface area contributed by atoms with Crippen LogP contribution in [-0.4, -0.2) is 41.1 Å². The average Bonchev–Trinajstić information content (AvgIpc) is 3.01. The third-order valence-electron chi connectivity index (χ3n) is 4.45. The molecule has 2 fully saturated rings. The smallest absolute Gasteiger partial charge is 0.351 e. The Hall–Kier alpha value is -1.92. The van der Waals surface area contributed by atoms with Gasteiger partial charge in [-0.1, -0.05) is 6.92 Å². The summed E-state index contributed by atoms with van der Waals surface area (Å²) >= 11 is 0. The molecule has 1 aromatic rings. The minimum absolute atomic E-state index is 0.0777. The number of hydrogen-bond acceptors (Lipinski definition) is 6. The highest BCUT2D eigenvalue weighted by atomic mass is 16.6. The fraction of sp³-hybridized carbons (Fsp3) is 0.714. The van der Waals surface area contributed by atoms with Gasteiger partial charge in [0.05, 0.1) is 4.92 Å². The van der Waals surface area contributed by atoms with Crippen molar-refractivity contribution < 1.29 is 4.92 Å². The third kappa shape index (κ3) is 2.77. The Labute approximate surface area is 124 Å². The molecule has 0 unspecified atom stereocenters. The molecule has 7 nitrogen and oxygen atoms in total. The zero-order valence-electron chi connectivity index (χ0n) is 12.4. The number of nitrogens with zero attached hydrogens (tertiary/aromatic N) is 5. The highest BCUT2D eigenvalue weighted by Gasteiger charge is 2.32. The van der Waals surface area contributed by atoms with Crippen molar-refractivity contribution in [3.63, 3.8) is 0 Å². The summed E-state index contributed by atoms with van der Waals surface area (Å²) in [6.45, 7) is 5.57. The summed E-state index contributed by atoms with van der Waals surface area (Å²) in [6, 6.07) is 0. The lowest BCUT2D eigenvalue weighted by atomic mass is 9.99. The van der Waals surface area contributed by atoms with Gasteiger partial charge in [-0.2, -0.15) is 0 Å². The van der Waals surface area contributed by atoms with E-state index in [0.29, 0.717) is 17.6 Å². The van der Waals surface area contributed by atoms with Crippen LogP contribution in [0.2, 0.25) is 0 Å². The van der Waals surface area contributed by atoms with Crippen LogP contribution in [0.15, 0.2) is 6.33 Å². The molecular formula is C14H21N5O2. The minimum Gasteiger partial charge on any atom is -0.351 e. The van der Waals surface area contributed by atoms with Crippen LogP contribution in [0.1, 0.15) is 32.6 Å². The fourth-order valence-electron chi connectivity index (χ4n) is 3.14. The number of nitro groups is 1. The number of hydrogen-bond donors (Lipinski definition) is 0. The molecule has 0 amide bonds. The van der Waals surface area contributed by atoms with Crippen LogP contribution in [-0.2, 0) is 0 Å². The first-order valence-corrected chi connectivity index (χ1v) is 7.66. The number of anilines is 2. The van der Waals surface area contributed by atoms with Crippen molar-refractivity contribution in [2.24, 2.45) is 5.92 Å². The maximum Gasteiger partial charge on any atom is 0.353 e. The SMILES string of the molecule is CC1CCN(c2ncnc(N3CCCC3)c2[N+](=O)[O-])CC1. The number of rotatable bonds is 3. The van der Waals surface area contributed by atoms with E-state index in [4.69, 9.17) is 0 Å². The molecule has 0 aromatic carbocycles. The highest BCUT2D eigenvalue weighted by Crippen LogP contribution is 2.36. The Balaban J connectivity index is 1.95. The van der Waals surface area contributed by atoms with E-state index < -0.39 is 0 Å². The largest absolute Gasteiger partial charge is 0.353 e. The molecule has 0 spiro atoms. The topological polar surface area (TPSA) is 75.4 Å². The molecule has 0 bridgehead atoms. The van der Waals surface area contributed by atoms with Gasteiger partial charge in [0, 0.05) is 26.2 Å². The molecule has 0 aliphatic carbocycles. The van der Waals surface area contributed by atoms with Crippen LogP contribution in [0, 0.1) is 16.0 Å². The molecule has 0 N–H and O–H groups in total. The summed E-state index contributed by atoms with van der Waals surface area (Å²) < 4.78 is 0. The van der Waals surface area contributed by atoms with Crippen molar-refractivity contribution >= 4 is 17.3 Å². The van der Waals surface area contributed by atoms with Gasteiger partial charge >= 0.3 is 5.69 Å². The predicted octanol–water partition coefficient (Wildman–Crippen LogP) is 2.22. The average molecular weight is 291 g/mol. The van der Waals surface area contributed by atoms with Crippen LogP contribution in [0.25, 0.3) is 0 Å². The van der Waals surface area contributed by atoms with Gasteiger partial charge in [-0.3, -0.25) is 10.1 Å². The van der Waals surface area contributed by atoms with E-state index in [0.717, 1.165) is 51.9 Å². The molecule has 2 saturated heterocycles. The zero-order chi connectivity index (χ0) is 14.8. The van der Waals surface area contributed by atoms with E-state index in [1.54, 1.807) is 0 Å². The first kappa shape index (κ1) is 14.0. The second kappa shape index (κ2) is 5.83. The van der Waals surface area contributed by atoms with E-state index in [1.807, 2.05) is 9.80 Å². The van der Waals surface area contributed by atoms with Crippen molar-refractivity contribution in [2.75, 3.05) is 36.0 Å². The van der Waals surface area contributed by atoms with Crippen molar-refractivity contribution in [1.29, 1.82) is 0 Å². The van der Waals surface area contributed by atoms with Crippen LogP contribution in [0.3, 0.4) is 0 Å². The Morgan fingerprint density at radius 1 is 1.10 bits per heavy atom. The molecule has 2 aliphatic heterocycles. The standard InChI is InChI=1S/C14H21N5O2/c1-11-4-8-18(9-5-11)14-12(19(20)21)13(15-10-16-14)17-6-2-3-7-17/h10-11H,2-9H2,1H3. The molecular weight excluding hydrogens is 270 g/mol. The van der Waals surface area contributed by atoms with Gasteiger partial charge in [-0.15, -0.1) is 0 Å². The van der Waals surface area contributed by atoms with Crippen LogP contribution < -0.4 is 9.80 Å². The number of aromatic nitrogens is 2. The Morgan fingerprint density at radius 2 is 1.62 bits per heavy atom. The first-order valence-electron chi connectivity index (χ1n) is 7.66. The second-order valence-electron chi connectivity index (χ2n) is 5.99. The summed E-state index contributed by atoms with van der Waals surface area (Å²) in [6.07, 6.45) is 5.71. The predicted molar refractivity (Wildman–Crippen MR) is 80.7 cm³/mol. The molecule has 114 valence electrons. The lowest BCUT2D eigenvalue weighted by Gasteiger charge is -2.31. The molecule has 3 heterocycles. The van der Waals surface area contributed by atoms with Crippen molar-refractivity contribution in [1.82, 2.24) is 9.97 Å². The maximum atomic E-state index is 11.6. The third-order valence-corrected chi connectivity index (χ3v) is 4.45. The van der Waals surface area contributed by atoms with Crippen LogP contribution in [0.4, 0.5) is 17.3 Å². The molecule has 0 saturated carbocycles.